The molecule has 0 saturated heterocycles. The van der Waals surface area contributed by atoms with Gasteiger partial charge in [-0.05, 0) is 198 Å². The van der Waals surface area contributed by atoms with Gasteiger partial charge in [-0.25, -0.2) is 0 Å². The minimum absolute atomic E-state index is 0.0907. The Bertz CT molecular complexity index is 8560. The van der Waals surface area contributed by atoms with E-state index in [-0.39, 0.29) is 13.4 Å². The third-order valence-corrected chi connectivity index (χ3v) is 27.3. The lowest BCUT2D eigenvalue weighted by Crippen LogP contribution is -2.52. The lowest BCUT2D eigenvalue weighted by Gasteiger charge is -2.28. The summed E-state index contributed by atoms with van der Waals surface area (Å²) in [4.78, 5) is 4.62. The summed E-state index contributed by atoms with van der Waals surface area (Å²) in [5.41, 5.74) is 35.7. The van der Waals surface area contributed by atoms with E-state index < -0.39 is 0 Å². The number of hydrogen-bond donors (Lipinski definition) is 0. The maximum absolute atomic E-state index is 6.83. The van der Waals surface area contributed by atoms with Crippen LogP contribution in [0.2, 0.25) is 0 Å². The average Bonchev–Trinajstić information content (AvgIpc) is 0.856. The van der Waals surface area contributed by atoms with Crippen LogP contribution in [0.4, 0.5) is 34.1 Å². The molecule has 0 bridgehead atoms. The smallest absolute Gasteiger partial charge is 0.246 e. The van der Waals surface area contributed by atoms with Crippen LogP contribution in [0.5, 0.6) is 23.0 Å². The fraction of sp³-hybridized carbons (Fsp3) is 0. The number of ether oxygens (including phenoxy) is 2. The van der Waals surface area contributed by atoms with Crippen molar-refractivity contribution in [2.24, 2.45) is 0 Å². The molecule has 24 aromatic rings. The Labute approximate surface area is 789 Å². The van der Waals surface area contributed by atoms with Gasteiger partial charge in [0, 0.05) is 71.8 Å². The van der Waals surface area contributed by atoms with Crippen molar-refractivity contribution in [1.29, 1.82) is 0 Å². The molecule has 0 saturated carbocycles. The first-order valence-corrected chi connectivity index (χ1v) is 46.5. The highest BCUT2D eigenvalue weighted by Gasteiger charge is 2.32. The average molecular weight is 1740 g/mol. The molecule has 0 radical (unpaired) electrons. The van der Waals surface area contributed by atoms with Gasteiger partial charge in [-0.2, -0.15) is 0 Å². The maximum atomic E-state index is 6.83. The lowest BCUT2D eigenvalue weighted by atomic mass is 9.35. The molecule has 0 fully saturated rings. The van der Waals surface area contributed by atoms with Crippen molar-refractivity contribution in [2.45, 2.75) is 0 Å². The van der Waals surface area contributed by atoms with Crippen LogP contribution in [-0.2, 0) is 0 Å². The molecule has 26 rings (SSSR count). The second kappa shape index (κ2) is 34.5. The molecule has 0 N–H and O–H groups in total. The van der Waals surface area contributed by atoms with Crippen LogP contribution in [-0.4, -0.2) is 13.4 Å². The van der Waals surface area contributed by atoms with Gasteiger partial charge in [0.05, 0.1) is 11.4 Å². The van der Waals surface area contributed by atoms with Crippen LogP contribution in [0.25, 0.3) is 154 Å². The van der Waals surface area contributed by atoms with E-state index in [1.807, 2.05) is 18.2 Å². The molecule has 4 heterocycles. The summed E-state index contributed by atoms with van der Waals surface area (Å²) in [5, 5.41) is 9.06. The van der Waals surface area contributed by atoms with Gasteiger partial charge in [0.25, 0.3) is 0 Å². The molecule has 136 heavy (non-hydrogen) atoms. The highest BCUT2D eigenvalue weighted by atomic mass is 16.5. The second-order valence-electron chi connectivity index (χ2n) is 35.1. The number of benzene rings is 22. The minimum Gasteiger partial charge on any atom is -0.457 e. The molecule has 0 unspecified atom stereocenters. The number of anilines is 6. The zero-order chi connectivity index (χ0) is 89.9. The Morgan fingerprint density at radius 2 is 0.507 bits per heavy atom. The molecule has 6 nitrogen and oxygen atoms in total. The molecular formula is C128H84B2N2O4. The van der Waals surface area contributed by atoms with Crippen LogP contribution in [0, 0.1) is 0 Å². The van der Waals surface area contributed by atoms with Gasteiger partial charge < -0.3 is 28.1 Å². The third-order valence-electron chi connectivity index (χ3n) is 27.3. The zero-order valence-electron chi connectivity index (χ0n) is 74.2. The first-order valence-electron chi connectivity index (χ1n) is 46.5. The third kappa shape index (κ3) is 14.5. The minimum atomic E-state index is -0.0907. The van der Waals surface area contributed by atoms with Crippen molar-refractivity contribution >= 4 is 146 Å². The highest BCUT2D eigenvalue weighted by molar-refractivity contribution is 6.97. The first kappa shape index (κ1) is 80.4. The molecule has 0 amide bonds. The number of furan rings is 2. The summed E-state index contributed by atoms with van der Waals surface area (Å²) < 4.78 is 27.0. The number of fused-ring (bicyclic) bond motifs is 10. The largest absolute Gasteiger partial charge is 0.457 e. The van der Waals surface area contributed by atoms with E-state index >= 15 is 0 Å². The van der Waals surface area contributed by atoms with Crippen LogP contribution in [0.3, 0.4) is 0 Å². The van der Waals surface area contributed by atoms with Crippen LogP contribution >= 0.6 is 0 Å². The van der Waals surface area contributed by atoms with E-state index in [4.69, 9.17) is 18.3 Å². The number of hydrogen-bond acceptors (Lipinski definition) is 6. The van der Waals surface area contributed by atoms with Crippen molar-refractivity contribution < 1.29 is 18.3 Å². The monoisotopic (exact) mass is 1730 g/mol. The normalized spacial score (nSPS) is 11.6. The van der Waals surface area contributed by atoms with Gasteiger partial charge in [-0.3, -0.25) is 0 Å². The standard InChI is InChI=1S/2C64H42BNO2/c1-4-16-44(17-5-1)52-22-10-12-26-58(52)65(59-27-14-25-57-53-23-11-13-28-60(53)68-64(57)59)47-35-30-45(31-36-47)51-40-41-56-54-39-34-46(42-62(54)67-61-29-15-24-55(51)63(56)61)43-32-37-50(38-33-43)66(48-18-6-2-7-19-48)49-20-8-3-9-21-49;1-4-16-44(17-5-1)52-22-10-12-26-58(52)66(59-27-14-25-57-53-23-11-13-28-60(53)68-64(57)59)50-37-32-43(33-38-50)46-34-39-54-56-41-40-51(55-24-15-29-61(63(55)56)67-62(54)42-46)45-30-35-49(36-31-45)65(47-18-6-2-7-19-47)48-20-8-3-9-21-48/h2*1-42H. The van der Waals surface area contributed by atoms with Crippen molar-refractivity contribution in [2.75, 3.05) is 9.80 Å². The maximum Gasteiger partial charge on any atom is 0.246 e. The second-order valence-corrected chi connectivity index (χ2v) is 35.1. The van der Waals surface area contributed by atoms with Gasteiger partial charge >= 0.3 is 0 Å². The Kier molecular flexibility index (Phi) is 20.4. The van der Waals surface area contributed by atoms with E-state index in [0.29, 0.717) is 0 Å². The Balaban J connectivity index is 0.000000145. The van der Waals surface area contributed by atoms with E-state index in [2.05, 4.69) is 501 Å². The summed E-state index contributed by atoms with van der Waals surface area (Å²) in [6.45, 7) is 0.0589. The predicted molar refractivity (Wildman–Crippen MR) is 571 cm³/mol. The topological polar surface area (TPSA) is 51.2 Å². The fourth-order valence-corrected chi connectivity index (χ4v) is 20.9. The van der Waals surface area contributed by atoms with E-state index in [1.54, 1.807) is 0 Å². The molecule has 2 aliphatic heterocycles. The van der Waals surface area contributed by atoms with Gasteiger partial charge in [-0.1, -0.05) is 428 Å². The molecule has 22 aromatic carbocycles. The van der Waals surface area contributed by atoms with Crippen molar-refractivity contribution in [3.63, 3.8) is 0 Å². The molecule has 2 aliphatic rings. The van der Waals surface area contributed by atoms with Gasteiger partial charge in [0.15, 0.2) is 5.58 Å². The molecule has 0 aliphatic carbocycles. The van der Waals surface area contributed by atoms with E-state index in [1.165, 1.54) is 71.6 Å². The zero-order valence-corrected chi connectivity index (χ0v) is 74.2. The summed E-state index contributed by atoms with van der Waals surface area (Å²) >= 11 is 0. The number of nitrogens with zero attached hydrogens (tertiary/aromatic N) is 2. The SMILES string of the molecule is c1ccc(-c2ccccc2B(c2ccc(-c3ccc4c5c(cccc35)Oc3cc(-c5ccc(N(c6ccccc6)c6ccccc6)cc5)ccc3-4)cc2)c2cccc3c2oc2ccccc23)cc1.c1ccc(B(c2ccccc2)c2ccc(-c3ccc4c5c(cccc35)Oc3cc(-c5ccc(N(c6ccccc6-c6ccccc6)c6cccc7c6oc6ccccc67)cc5)ccc3-4)cc2)cc1. The van der Waals surface area contributed by atoms with Crippen LogP contribution in [0.15, 0.2) is 518 Å². The van der Waals surface area contributed by atoms with Crippen LogP contribution in [0.1, 0.15) is 0 Å². The quantitative estimate of drug-likeness (QED) is 0.0798. The predicted octanol–water partition coefficient (Wildman–Crippen LogP) is 31.0. The summed E-state index contributed by atoms with van der Waals surface area (Å²) in [7, 11) is 0. The Hall–Kier alpha value is -17.7. The van der Waals surface area contributed by atoms with E-state index in [0.717, 1.165) is 173 Å². The molecule has 2 aromatic heterocycles. The number of para-hydroxylation sites is 7. The summed E-state index contributed by atoms with van der Waals surface area (Å²) in [5.74, 6) is 3.46. The van der Waals surface area contributed by atoms with Gasteiger partial charge in [-0.15, -0.1) is 0 Å². The number of rotatable bonds is 18. The highest BCUT2D eigenvalue weighted by Crippen LogP contribution is 2.54. The lowest BCUT2D eigenvalue weighted by molar-refractivity contribution is 0.487. The van der Waals surface area contributed by atoms with Crippen molar-refractivity contribution in [3.8, 4) is 112 Å². The van der Waals surface area contributed by atoms with Crippen molar-refractivity contribution in [3.05, 3.63) is 510 Å². The first-order chi connectivity index (χ1) is 67.5. The molecule has 8 heteroatoms. The summed E-state index contributed by atoms with van der Waals surface area (Å²) in [6, 6.07) is 182. The van der Waals surface area contributed by atoms with Crippen LogP contribution < -0.4 is 52.1 Å². The van der Waals surface area contributed by atoms with Gasteiger partial charge in [0.1, 0.15) is 39.7 Å². The van der Waals surface area contributed by atoms with Crippen molar-refractivity contribution in [1.82, 2.24) is 0 Å². The molecule has 0 atom stereocenters. The fourth-order valence-electron chi connectivity index (χ4n) is 20.9. The van der Waals surface area contributed by atoms with Gasteiger partial charge in [0.2, 0.25) is 13.4 Å². The Morgan fingerprint density at radius 3 is 1.04 bits per heavy atom. The molecule has 0 spiro atoms. The Morgan fingerprint density at radius 1 is 0.169 bits per heavy atom. The molecular weight excluding hydrogens is 1650 g/mol. The van der Waals surface area contributed by atoms with E-state index in [9.17, 15) is 0 Å². The summed E-state index contributed by atoms with van der Waals surface area (Å²) in [6.07, 6.45) is 0. The molecule has 636 valence electrons.